The Morgan fingerprint density at radius 2 is 1.95 bits per heavy atom. The minimum Gasteiger partial charge on any atom is -0.478 e. The van der Waals surface area contributed by atoms with Gasteiger partial charge in [-0.15, -0.1) is 23.1 Å². The fourth-order valence-electron chi connectivity index (χ4n) is 4.46. The number of thioether (sulfide) groups is 1. The Kier molecular flexibility index (Phi) is 9.00. The third-order valence-electron chi connectivity index (χ3n) is 6.31. The second kappa shape index (κ2) is 12.6. The number of carboxylic acid groups (broad SMARTS) is 1. The third kappa shape index (κ3) is 6.71. The molecule has 2 amide bonds. The average molecular weight is 546 g/mol. The van der Waals surface area contributed by atoms with Crippen molar-refractivity contribution >= 4 is 51.6 Å². The lowest BCUT2D eigenvalue weighted by Crippen LogP contribution is -2.24. The summed E-state index contributed by atoms with van der Waals surface area (Å²) in [6, 6.07) is 19.8. The number of aliphatic carboxylic acids is 1. The van der Waals surface area contributed by atoms with Crippen molar-refractivity contribution in [3.05, 3.63) is 88.3 Å². The van der Waals surface area contributed by atoms with Gasteiger partial charge in [-0.2, -0.15) is 5.26 Å². The van der Waals surface area contributed by atoms with E-state index in [0.29, 0.717) is 28.6 Å². The molecule has 2 aromatic carbocycles. The fraction of sp³-hybridized carbons (Fsp3) is 0.241. The predicted molar refractivity (Wildman–Crippen MR) is 151 cm³/mol. The summed E-state index contributed by atoms with van der Waals surface area (Å²) in [4.78, 5) is 37.7. The van der Waals surface area contributed by atoms with E-state index >= 15 is 0 Å². The first-order valence-electron chi connectivity index (χ1n) is 12.3. The van der Waals surface area contributed by atoms with E-state index in [1.807, 2.05) is 31.2 Å². The summed E-state index contributed by atoms with van der Waals surface area (Å²) in [5.41, 5.74) is 3.43. The molecule has 0 radical (unpaired) electrons. The highest BCUT2D eigenvalue weighted by Crippen LogP contribution is 2.42. The summed E-state index contributed by atoms with van der Waals surface area (Å²) in [5, 5.41) is 24.4. The minimum atomic E-state index is -1.21. The molecule has 0 saturated heterocycles. The quantitative estimate of drug-likeness (QED) is 0.225. The Morgan fingerprint density at radius 1 is 1.16 bits per heavy atom. The van der Waals surface area contributed by atoms with Crippen LogP contribution in [0.2, 0.25) is 0 Å². The first-order chi connectivity index (χ1) is 18.4. The number of benzene rings is 2. The second-order valence-corrected chi connectivity index (χ2v) is 11.2. The smallest absolute Gasteiger partial charge is 0.328 e. The molecule has 2 atom stereocenters. The number of hydrogen-bond donors (Lipinski definition) is 3. The van der Waals surface area contributed by atoms with E-state index in [-0.39, 0.29) is 5.91 Å². The van der Waals surface area contributed by atoms with Gasteiger partial charge in [-0.05, 0) is 60.9 Å². The first-order valence-corrected chi connectivity index (χ1v) is 14.0. The Hall–Kier alpha value is -3.87. The summed E-state index contributed by atoms with van der Waals surface area (Å²) in [6.45, 7) is 1.93. The topological polar surface area (TPSA) is 119 Å². The van der Waals surface area contributed by atoms with E-state index in [9.17, 15) is 19.6 Å². The second-order valence-electron chi connectivity index (χ2n) is 8.86. The van der Waals surface area contributed by atoms with Gasteiger partial charge in [-0.25, -0.2) is 4.79 Å². The summed E-state index contributed by atoms with van der Waals surface area (Å²) in [5.74, 6) is -1.53. The van der Waals surface area contributed by atoms with E-state index in [1.165, 1.54) is 28.7 Å². The molecule has 1 aliphatic rings. The molecule has 7 nitrogen and oxygen atoms in total. The molecule has 0 bridgehead atoms. The van der Waals surface area contributed by atoms with Gasteiger partial charge >= 0.3 is 5.97 Å². The van der Waals surface area contributed by atoms with Crippen molar-refractivity contribution in [3.63, 3.8) is 0 Å². The zero-order chi connectivity index (χ0) is 27.1. The molecule has 4 rings (SSSR count). The van der Waals surface area contributed by atoms with Crippen LogP contribution in [0.4, 0.5) is 10.7 Å². The highest BCUT2D eigenvalue weighted by atomic mass is 32.2. The van der Waals surface area contributed by atoms with Crippen LogP contribution in [-0.4, -0.2) is 28.1 Å². The van der Waals surface area contributed by atoms with E-state index < -0.39 is 17.1 Å². The molecule has 9 heteroatoms. The van der Waals surface area contributed by atoms with Crippen molar-refractivity contribution in [2.75, 3.05) is 10.6 Å². The van der Waals surface area contributed by atoms with Crippen molar-refractivity contribution in [1.82, 2.24) is 0 Å². The Labute approximate surface area is 229 Å². The maximum Gasteiger partial charge on any atom is 0.328 e. The van der Waals surface area contributed by atoms with Crippen LogP contribution in [0.25, 0.3) is 0 Å². The van der Waals surface area contributed by atoms with Gasteiger partial charge in [-0.3, -0.25) is 9.59 Å². The first kappa shape index (κ1) is 27.2. The largest absolute Gasteiger partial charge is 0.478 e. The van der Waals surface area contributed by atoms with Crippen LogP contribution in [0.5, 0.6) is 0 Å². The van der Waals surface area contributed by atoms with Crippen LogP contribution in [0.1, 0.15) is 47.3 Å². The Bertz CT molecular complexity index is 1410. The molecule has 3 aromatic rings. The lowest BCUT2D eigenvalue weighted by molar-refractivity contribution is -0.131. The molecular formula is C29H27N3O4S2. The normalized spacial score (nSPS) is 15.3. The number of fused-ring (bicyclic) bond motifs is 1. The maximum atomic E-state index is 13.3. The number of nitriles is 1. The van der Waals surface area contributed by atoms with Crippen LogP contribution in [0.15, 0.2) is 71.6 Å². The lowest BCUT2D eigenvalue weighted by Gasteiger charge is -2.22. The van der Waals surface area contributed by atoms with E-state index in [0.717, 1.165) is 46.8 Å². The molecule has 2 unspecified atom stereocenters. The summed E-state index contributed by atoms with van der Waals surface area (Å²) in [7, 11) is 0. The van der Waals surface area contributed by atoms with Crippen molar-refractivity contribution in [2.24, 2.45) is 0 Å². The summed E-state index contributed by atoms with van der Waals surface area (Å²) >= 11 is 2.87. The number of hydrogen-bond acceptors (Lipinski definition) is 6. The predicted octanol–water partition coefficient (Wildman–Crippen LogP) is 5.98. The number of anilines is 2. The van der Waals surface area contributed by atoms with E-state index in [1.54, 1.807) is 18.2 Å². The number of amides is 2. The zero-order valence-electron chi connectivity index (χ0n) is 20.8. The molecule has 194 valence electrons. The number of rotatable bonds is 9. The molecule has 0 spiro atoms. The molecule has 0 saturated carbocycles. The number of nitrogens with zero attached hydrogens (tertiary/aromatic N) is 1. The third-order valence-corrected chi connectivity index (χ3v) is 8.83. The van der Waals surface area contributed by atoms with Gasteiger partial charge in [0.2, 0.25) is 11.8 Å². The molecule has 38 heavy (non-hydrogen) atoms. The van der Waals surface area contributed by atoms with Gasteiger partial charge in [0.05, 0.1) is 10.8 Å². The van der Waals surface area contributed by atoms with Gasteiger partial charge in [0.15, 0.2) is 0 Å². The van der Waals surface area contributed by atoms with Gasteiger partial charge < -0.3 is 15.7 Å². The molecule has 3 N–H and O–H groups in total. The number of carboxylic acids is 1. The number of thiophene rings is 1. The monoisotopic (exact) mass is 545 g/mol. The van der Waals surface area contributed by atoms with Gasteiger partial charge in [-0.1, -0.05) is 43.3 Å². The van der Waals surface area contributed by atoms with Crippen LogP contribution in [-0.2, 0) is 27.2 Å². The van der Waals surface area contributed by atoms with Crippen LogP contribution in [0.3, 0.4) is 0 Å². The van der Waals surface area contributed by atoms with Crippen LogP contribution in [0, 0.1) is 11.3 Å². The zero-order valence-corrected chi connectivity index (χ0v) is 22.4. The standard InChI is InChI=1S/C29H27N3O4S2/c1-2-24(37-21-10-6-9-20(16-21)31-26(33)13-14-27(34)35)28(36)32-29-23(17-30)22-12-11-19(15-25(22)38-29)18-7-4-3-5-8-18/h3-10,13-14,16,19,24H,2,11-12,15H2,1H3,(H,31,33)(H,32,36)(H,34,35)/b14-13+. The average Bonchev–Trinajstić information content (AvgIpc) is 3.27. The molecular weight excluding hydrogens is 518 g/mol. The Morgan fingerprint density at radius 3 is 2.66 bits per heavy atom. The van der Waals surface area contributed by atoms with Crippen molar-refractivity contribution in [1.29, 1.82) is 5.26 Å². The molecule has 1 aromatic heterocycles. The highest BCUT2D eigenvalue weighted by Gasteiger charge is 2.28. The number of carbonyl (C=O) groups excluding carboxylic acids is 2. The number of nitrogens with one attached hydrogen (secondary N) is 2. The van der Waals surface area contributed by atoms with Gasteiger partial charge in [0, 0.05) is 27.6 Å². The summed E-state index contributed by atoms with van der Waals surface area (Å²) in [6.07, 6.45) is 4.93. The van der Waals surface area contributed by atoms with Gasteiger partial charge in [0.1, 0.15) is 11.1 Å². The molecule has 1 heterocycles. The van der Waals surface area contributed by atoms with Gasteiger partial charge in [0.25, 0.3) is 0 Å². The van der Waals surface area contributed by atoms with Crippen LogP contribution < -0.4 is 10.6 Å². The van der Waals surface area contributed by atoms with Crippen molar-refractivity contribution in [3.8, 4) is 6.07 Å². The summed E-state index contributed by atoms with van der Waals surface area (Å²) < 4.78 is 0. The lowest BCUT2D eigenvalue weighted by atomic mass is 9.83. The Balaban J connectivity index is 1.44. The highest BCUT2D eigenvalue weighted by molar-refractivity contribution is 8.00. The van der Waals surface area contributed by atoms with E-state index in [2.05, 4.69) is 28.8 Å². The van der Waals surface area contributed by atoms with Crippen LogP contribution >= 0.6 is 23.1 Å². The fourth-order valence-corrected chi connectivity index (χ4v) is 6.75. The SMILES string of the molecule is CCC(Sc1cccc(NC(=O)/C=C/C(=O)O)c1)C(=O)Nc1sc2c(c1C#N)CCC(c1ccccc1)C2. The van der Waals surface area contributed by atoms with E-state index in [4.69, 9.17) is 5.11 Å². The van der Waals surface area contributed by atoms with Crippen molar-refractivity contribution in [2.45, 2.75) is 48.7 Å². The minimum absolute atomic E-state index is 0.175. The number of carbonyl (C=O) groups is 3. The maximum absolute atomic E-state index is 13.3. The molecule has 1 aliphatic carbocycles. The molecule has 0 fully saturated rings. The molecule has 0 aliphatic heterocycles. The van der Waals surface area contributed by atoms with Crippen molar-refractivity contribution < 1.29 is 19.5 Å².